The van der Waals surface area contributed by atoms with Gasteiger partial charge < -0.3 is 9.47 Å². The molecule has 0 bridgehead atoms. The lowest BCUT2D eigenvalue weighted by Gasteiger charge is -2.25. The van der Waals surface area contributed by atoms with Crippen LogP contribution in [0.1, 0.15) is 27.2 Å². The van der Waals surface area contributed by atoms with E-state index in [9.17, 15) is 4.79 Å². The molecule has 0 aromatic heterocycles. The molecule has 1 rings (SSSR count). The fourth-order valence-corrected chi connectivity index (χ4v) is 1.78. The summed E-state index contributed by atoms with van der Waals surface area (Å²) in [6.07, 6.45) is 0.902. The molecule has 0 spiro atoms. The van der Waals surface area contributed by atoms with E-state index in [1.54, 1.807) is 6.92 Å². The zero-order valence-corrected chi connectivity index (χ0v) is 13.0. The van der Waals surface area contributed by atoms with E-state index >= 15 is 0 Å². The molecular weight excluding hydrogens is 278 g/mol. The van der Waals surface area contributed by atoms with Crippen molar-refractivity contribution < 1.29 is 14.3 Å². The molecule has 20 heavy (non-hydrogen) atoms. The Morgan fingerprint density at radius 3 is 2.65 bits per heavy atom. The third kappa shape index (κ3) is 4.69. The standard InChI is InChI=1S/C15H22ClNO3/c1-4-10-20-14-9-7-6-8-13(14)17(11-19-5-2)15(18)12(3)16/h6-9,12H,4-5,10-11H2,1-3H3. The predicted octanol–water partition coefficient (Wildman–Crippen LogP) is 3.43. The number of carbonyl (C=O) groups is 1. The molecule has 0 heterocycles. The average molecular weight is 300 g/mol. The molecule has 0 saturated heterocycles. The Morgan fingerprint density at radius 1 is 1.35 bits per heavy atom. The number of ether oxygens (including phenoxy) is 2. The van der Waals surface area contributed by atoms with Crippen molar-refractivity contribution in [3.63, 3.8) is 0 Å². The van der Waals surface area contributed by atoms with Gasteiger partial charge in [0.25, 0.3) is 0 Å². The number of anilines is 1. The molecule has 0 aliphatic heterocycles. The van der Waals surface area contributed by atoms with Crippen LogP contribution in [0.3, 0.4) is 0 Å². The van der Waals surface area contributed by atoms with Gasteiger partial charge >= 0.3 is 0 Å². The molecule has 112 valence electrons. The van der Waals surface area contributed by atoms with Crippen LogP contribution in [0.2, 0.25) is 0 Å². The molecule has 0 fully saturated rings. The van der Waals surface area contributed by atoms with Crippen molar-refractivity contribution in [1.29, 1.82) is 0 Å². The summed E-state index contributed by atoms with van der Waals surface area (Å²) in [6.45, 7) is 6.86. The smallest absolute Gasteiger partial charge is 0.246 e. The summed E-state index contributed by atoms with van der Waals surface area (Å²) >= 11 is 5.92. The Balaban J connectivity index is 3.02. The van der Waals surface area contributed by atoms with Crippen LogP contribution < -0.4 is 9.64 Å². The van der Waals surface area contributed by atoms with Gasteiger partial charge in [0.05, 0.1) is 12.3 Å². The normalized spacial score (nSPS) is 12.0. The highest BCUT2D eigenvalue weighted by atomic mass is 35.5. The molecule has 1 atom stereocenters. The van der Waals surface area contributed by atoms with Crippen molar-refractivity contribution in [2.24, 2.45) is 0 Å². The highest BCUT2D eigenvalue weighted by molar-refractivity contribution is 6.32. The largest absolute Gasteiger partial charge is 0.491 e. The first-order chi connectivity index (χ1) is 9.61. The van der Waals surface area contributed by atoms with Crippen LogP contribution in [-0.2, 0) is 9.53 Å². The van der Waals surface area contributed by atoms with Crippen molar-refractivity contribution in [2.45, 2.75) is 32.6 Å². The number of amides is 1. The second-order valence-corrected chi connectivity index (χ2v) is 4.98. The average Bonchev–Trinajstić information content (AvgIpc) is 2.46. The van der Waals surface area contributed by atoms with Gasteiger partial charge in [0.1, 0.15) is 17.9 Å². The first-order valence-corrected chi connectivity index (χ1v) is 7.30. The highest BCUT2D eigenvalue weighted by Crippen LogP contribution is 2.29. The number of benzene rings is 1. The van der Waals surface area contributed by atoms with Gasteiger partial charge in [0.2, 0.25) is 5.91 Å². The minimum atomic E-state index is -0.616. The van der Waals surface area contributed by atoms with Crippen LogP contribution in [0.15, 0.2) is 24.3 Å². The summed E-state index contributed by atoms with van der Waals surface area (Å²) in [4.78, 5) is 13.8. The maximum atomic E-state index is 12.2. The van der Waals surface area contributed by atoms with Crippen LogP contribution in [0.25, 0.3) is 0 Å². The summed E-state index contributed by atoms with van der Waals surface area (Å²) in [6, 6.07) is 7.42. The van der Waals surface area contributed by atoms with Crippen LogP contribution >= 0.6 is 11.6 Å². The molecule has 0 aliphatic carbocycles. The van der Waals surface area contributed by atoms with E-state index in [4.69, 9.17) is 21.1 Å². The van der Waals surface area contributed by atoms with Gasteiger partial charge in [-0.05, 0) is 32.4 Å². The fourth-order valence-electron chi connectivity index (χ4n) is 1.66. The second-order valence-electron chi connectivity index (χ2n) is 4.32. The molecule has 4 nitrogen and oxygen atoms in total. The molecule has 0 saturated carbocycles. The second kappa shape index (κ2) is 8.82. The summed E-state index contributed by atoms with van der Waals surface area (Å²) in [5.41, 5.74) is 0.687. The van der Waals surface area contributed by atoms with Crippen LogP contribution in [0.5, 0.6) is 5.75 Å². The summed E-state index contributed by atoms with van der Waals surface area (Å²) in [7, 11) is 0. The van der Waals surface area contributed by atoms with Crippen LogP contribution in [0, 0.1) is 0 Å². The van der Waals surface area contributed by atoms with Gasteiger partial charge in [-0.25, -0.2) is 0 Å². The lowest BCUT2D eigenvalue weighted by atomic mass is 10.2. The van der Waals surface area contributed by atoms with Crippen molar-refractivity contribution in [2.75, 3.05) is 24.8 Å². The number of rotatable bonds is 8. The summed E-state index contributed by atoms with van der Waals surface area (Å²) in [5.74, 6) is 0.465. The maximum Gasteiger partial charge on any atom is 0.246 e. The predicted molar refractivity (Wildman–Crippen MR) is 81.5 cm³/mol. The first-order valence-electron chi connectivity index (χ1n) is 6.86. The van der Waals surface area contributed by atoms with Gasteiger partial charge in [-0.2, -0.15) is 0 Å². The topological polar surface area (TPSA) is 38.8 Å². The van der Waals surface area contributed by atoms with Crippen molar-refractivity contribution in [1.82, 2.24) is 0 Å². The lowest BCUT2D eigenvalue weighted by molar-refractivity contribution is -0.119. The maximum absolute atomic E-state index is 12.2. The molecule has 0 N–H and O–H groups in total. The van der Waals surface area contributed by atoms with E-state index in [-0.39, 0.29) is 12.6 Å². The van der Waals surface area contributed by atoms with E-state index in [1.807, 2.05) is 38.1 Å². The molecular formula is C15H22ClNO3. The first kappa shape index (κ1) is 16.8. The van der Waals surface area contributed by atoms with Crippen molar-refractivity contribution in [3.8, 4) is 5.75 Å². The number of alkyl halides is 1. The molecule has 0 aliphatic rings. The van der Waals surface area contributed by atoms with Crippen LogP contribution in [0.4, 0.5) is 5.69 Å². The number of carbonyl (C=O) groups excluding carboxylic acids is 1. The number of halogens is 1. The lowest BCUT2D eigenvalue weighted by Crippen LogP contribution is -2.37. The Hall–Kier alpha value is -1.26. The van der Waals surface area contributed by atoms with E-state index in [2.05, 4.69) is 0 Å². The number of hydrogen-bond donors (Lipinski definition) is 0. The Labute approximate surface area is 125 Å². The molecule has 1 aromatic carbocycles. The van der Waals surface area contributed by atoms with Gasteiger partial charge in [0.15, 0.2) is 0 Å². The minimum Gasteiger partial charge on any atom is -0.491 e. The Morgan fingerprint density at radius 2 is 2.05 bits per heavy atom. The molecule has 5 heteroatoms. The third-order valence-electron chi connectivity index (χ3n) is 2.65. The fraction of sp³-hybridized carbons (Fsp3) is 0.533. The third-order valence-corrected chi connectivity index (χ3v) is 2.84. The molecule has 1 unspecified atom stereocenters. The van der Waals surface area contributed by atoms with Gasteiger partial charge in [0, 0.05) is 6.61 Å². The highest BCUT2D eigenvalue weighted by Gasteiger charge is 2.23. The Bertz CT molecular complexity index is 423. The van der Waals surface area contributed by atoms with Crippen molar-refractivity contribution in [3.05, 3.63) is 24.3 Å². The SMILES string of the molecule is CCCOc1ccccc1N(COCC)C(=O)C(C)Cl. The van der Waals surface area contributed by atoms with Crippen LogP contribution in [-0.4, -0.2) is 31.2 Å². The molecule has 1 aromatic rings. The zero-order valence-electron chi connectivity index (χ0n) is 12.3. The summed E-state index contributed by atoms with van der Waals surface area (Å²) < 4.78 is 11.1. The Kier molecular flexibility index (Phi) is 7.41. The van der Waals surface area contributed by atoms with E-state index < -0.39 is 5.38 Å². The van der Waals surface area contributed by atoms with Gasteiger partial charge in [-0.1, -0.05) is 19.1 Å². The monoisotopic (exact) mass is 299 g/mol. The van der Waals surface area contributed by atoms with E-state index in [0.717, 1.165) is 6.42 Å². The zero-order chi connectivity index (χ0) is 15.0. The van der Waals surface area contributed by atoms with E-state index in [0.29, 0.717) is 24.7 Å². The minimum absolute atomic E-state index is 0.166. The van der Waals surface area contributed by atoms with Gasteiger partial charge in [-0.15, -0.1) is 11.6 Å². The van der Waals surface area contributed by atoms with Crippen molar-refractivity contribution >= 4 is 23.2 Å². The number of para-hydroxylation sites is 2. The molecule has 1 amide bonds. The number of nitrogens with zero attached hydrogens (tertiary/aromatic N) is 1. The summed E-state index contributed by atoms with van der Waals surface area (Å²) in [5, 5.41) is -0.616. The molecule has 0 radical (unpaired) electrons. The quantitative estimate of drug-likeness (QED) is 0.545. The number of hydrogen-bond acceptors (Lipinski definition) is 3. The van der Waals surface area contributed by atoms with Gasteiger partial charge in [-0.3, -0.25) is 9.69 Å². The van der Waals surface area contributed by atoms with E-state index in [1.165, 1.54) is 4.90 Å².